The van der Waals surface area contributed by atoms with Gasteiger partial charge in [-0.3, -0.25) is 0 Å². The Bertz CT molecular complexity index is 548. The largest absolute Gasteiger partial charge is 0.391 e. The standard InChI is InChI=1S/C11H13B3FNO2/c12-11(13,14)10-8(5-17)9(16-18-10)6-1-3-7(15)4-2-6/h1-4,17H,5,12-14H2. The first kappa shape index (κ1) is 13.0. The van der Waals surface area contributed by atoms with Gasteiger partial charge in [-0.1, -0.05) is 10.3 Å². The first-order valence-corrected chi connectivity index (χ1v) is 5.79. The molecule has 3 nitrogen and oxygen atoms in total. The van der Waals surface area contributed by atoms with E-state index in [1.807, 2.05) is 23.5 Å². The fraction of sp³-hybridized carbons (Fsp3) is 0.182. The number of hydrogen-bond acceptors (Lipinski definition) is 3. The predicted octanol–water partition coefficient (Wildman–Crippen LogP) is -1.02. The number of hydrogen-bond donors (Lipinski definition) is 1. The molecule has 7 heteroatoms. The van der Waals surface area contributed by atoms with Crippen LogP contribution < -0.4 is 0 Å². The monoisotopic (exact) mass is 243 g/mol. The molecular formula is C11H13B3FNO2. The van der Waals surface area contributed by atoms with Crippen LogP contribution in [0, 0.1) is 5.82 Å². The lowest BCUT2D eigenvalue weighted by Gasteiger charge is -2.15. The summed E-state index contributed by atoms with van der Waals surface area (Å²) in [5, 5.41) is 13.3. The molecule has 0 aliphatic carbocycles. The Morgan fingerprint density at radius 1 is 1.22 bits per heavy atom. The van der Waals surface area contributed by atoms with Crippen LogP contribution in [0.3, 0.4) is 0 Å². The van der Waals surface area contributed by atoms with Crippen LogP contribution in [-0.4, -0.2) is 33.8 Å². The molecule has 0 radical (unpaired) electrons. The zero-order valence-corrected chi connectivity index (χ0v) is 10.7. The molecule has 0 aliphatic rings. The van der Waals surface area contributed by atoms with Gasteiger partial charge in [-0.25, -0.2) is 4.39 Å². The molecule has 0 unspecified atom stereocenters. The third-order valence-corrected chi connectivity index (χ3v) is 2.75. The predicted molar refractivity (Wildman–Crippen MR) is 75.1 cm³/mol. The highest BCUT2D eigenvalue weighted by atomic mass is 19.1. The van der Waals surface area contributed by atoms with Crippen LogP contribution in [0.1, 0.15) is 11.3 Å². The van der Waals surface area contributed by atoms with Gasteiger partial charge in [0.15, 0.2) is 0 Å². The highest BCUT2D eigenvalue weighted by molar-refractivity contribution is 6.58. The van der Waals surface area contributed by atoms with Crippen molar-refractivity contribution in [3.05, 3.63) is 41.4 Å². The molecule has 2 aromatic rings. The van der Waals surface area contributed by atoms with Gasteiger partial charge in [0.1, 0.15) is 17.3 Å². The first-order valence-electron chi connectivity index (χ1n) is 5.79. The number of benzene rings is 1. The Hall–Kier alpha value is -1.49. The van der Waals surface area contributed by atoms with E-state index in [0.717, 1.165) is 5.56 Å². The van der Waals surface area contributed by atoms with Gasteiger partial charge in [0.05, 0.1) is 30.1 Å². The van der Waals surface area contributed by atoms with Crippen molar-refractivity contribution in [2.45, 2.75) is 11.7 Å². The van der Waals surface area contributed by atoms with Crippen molar-refractivity contribution in [1.82, 2.24) is 5.16 Å². The molecule has 1 aromatic heterocycles. The van der Waals surface area contributed by atoms with Crippen LogP contribution in [-0.2, 0) is 11.7 Å². The van der Waals surface area contributed by atoms with Crippen molar-refractivity contribution in [3.63, 3.8) is 0 Å². The molecule has 0 spiro atoms. The van der Waals surface area contributed by atoms with Crippen molar-refractivity contribution in [2.24, 2.45) is 0 Å². The van der Waals surface area contributed by atoms with E-state index >= 15 is 0 Å². The van der Waals surface area contributed by atoms with E-state index in [2.05, 4.69) is 5.16 Å². The second kappa shape index (κ2) is 4.65. The lowest BCUT2D eigenvalue weighted by molar-refractivity contribution is 0.277. The van der Waals surface area contributed by atoms with Gasteiger partial charge >= 0.3 is 0 Å². The highest BCUT2D eigenvalue weighted by Gasteiger charge is 2.26. The SMILES string of the molecule is BC(B)(B)c1onc(-c2ccc(F)cc2)c1CO. The summed E-state index contributed by atoms with van der Waals surface area (Å²) in [6.45, 7) is -0.150. The summed E-state index contributed by atoms with van der Waals surface area (Å²) in [6.07, 6.45) is 0. The van der Waals surface area contributed by atoms with Crippen molar-refractivity contribution >= 4 is 23.5 Å². The van der Waals surface area contributed by atoms with E-state index < -0.39 is 0 Å². The fourth-order valence-electron chi connectivity index (χ4n) is 1.88. The second-order valence-electron chi connectivity index (χ2n) is 5.25. The summed E-state index contributed by atoms with van der Waals surface area (Å²) in [5.41, 5.74) is 1.97. The molecule has 1 aromatic carbocycles. The van der Waals surface area contributed by atoms with Crippen molar-refractivity contribution in [3.8, 4) is 11.3 Å². The smallest absolute Gasteiger partial charge is 0.126 e. The number of aliphatic hydroxyl groups is 1. The van der Waals surface area contributed by atoms with Crippen LogP contribution in [0.2, 0.25) is 0 Å². The molecule has 0 saturated carbocycles. The van der Waals surface area contributed by atoms with E-state index in [-0.39, 0.29) is 17.5 Å². The Labute approximate surface area is 108 Å². The van der Waals surface area contributed by atoms with Gasteiger partial charge in [-0.05, 0) is 24.3 Å². The molecule has 2 rings (SSSR count). The lowest BCUT2D eigenvalue weighted by atomic mass is 9.41. The maximum absolute atomic E-state index is 12.9. The van der Waals surface area contributed by atoms with Gasteiger partial charge in [-0.15, -0.1) is 0 Å². The molecule has 0 fully saturated rings. The maximum atomic E-state index is 12.9. The van der Waals surface area contributed by atoms with Gasteiger partial charge in [0, 0.05) is 11.1 Å². The molecule has 0 bridgehead atoms. The number of rotatable bonds is 3. The van der Waals surface area contributed by atoms with Crippen molar-refractivity contribution < 1.29 is 14.0 Å². The van der Waals surface area contributed by atoms with Crippen LogP contribution in [0.4, 0.5) is 4.39 Å². The quantitative estimate of drug-likeness (QED) is 0.701. The third kappa shape index (κ3) is 2.36. The lowest BCUT2D eigenvalue weighted by Crippen LogP contribution is -2.27. The average Bonchev–Trinajstić information content (AvgIpc) is 2.73. The molecule has 0 atom stereocenters. The average molecular weight is 243 g/mol. The molecule has 90 valence electrons. The van der Waals surface area contributed by atoms with Crippen molar-refractivity contribution in [2.75, 3.05) is 0 Å². The Morgan fingerprint density at radius 2 is 1.83 bits per heavy atom. The number of aliphatic hydroxyl groups excluding tert-OH is 1. The van der Waals surface area contributed by atoms with Crippen LogP contribution in [0.5, 0.6) is 0 Å². The van der Waals surface area contributed by atoms with E-state index in [9.17, 15) is 9.50 Å². The van der Waals surface area contributed by atoms with E-state index in [1.54, 1.807) is 12.1 Å². The van der Waals surface area contributed by atoms with Crippen LogP contribution >= 0.6 is 0 Å². The fourth-order valence-corrected chi connectivity index (χ4v) is 1.88. The van der Waals surface area contributed by atoms with Crippen LogP contribution in [0.15, 0.2) is 28.8 Å². The summed E-state index contributed by atoms with van der Waals surface area (Å²) >= 11 is 0. The number of nitrogens with zero attached hydrogens (tertiary/aromatic N) is 1. The molecular weight excluding hydrogens is 230 g/mol. The highest BCUT2D eigenvalue weighted by Crippen LogP contribution is 2.29. The van der Waals surface area contributed by atoms with E-state index in [0.29, 0.717) is 17.0 Å². The molecule has 0 aliphatic heterocycles. The first-order chi connectivity index (χ1) is 8.43. The molecule has 0 amide bonds. The summed E-state index contributed by atoms with van der Waals surface area (Å²) < 4.78 is 18.2. The number of aromatic nitrogens is 1. The van der Waals surface area contributed by atoms with Gasteiger partial charge in [0.2, 0.25) is 0 Å². The minimum absolute atomic E-state index is 0.150. The topological polar surface area (TPSA) is 46.3 Å². The molecule has 1 N–H and O–H groups in total. The molecule has 0 saturated heterocycles. The van der Waals surface area contributed by atoms with Gasteiger partial charge < -0.3 is 9.63 Å². The third-order valence-electron chi connectivity index (χ3n) is 2.75. The maximum Gasteiger partial charge on any atom is 0.126 e. The number of halogens is 1. The summed E-state index contributed by atoms with van der Waals surface area (Å²) in [7, 11) is 5.96. The Balaban J connectivity index is 2.52. The molecule has 18 heavy (non-hydrogen) atoms. The zero-order chi connectivity index (χ0) is 13.3. The van der Waals surface area contributed by atoms with E-state index in [4.69, 9.17) is 4.52 Å². The second-order valence-corrected chi connectivity index (χ2v) is 5.25. The van der Waals surface area contributed by atoms with Crippen LogP contribution in [0.25, 0.3) is 11.3 Å². The summed E-state index contributed by atoms with van der Waals surface area (Å²) in [4.78, 5) is 0. The Morgan fingerprint density at radius 3 is 2.33 bits per heavy atom. The minimum atomic E-state index is -0.302. The van der Waals surface area contributed by atoms with E-state index in [1.165, 1.54) is 12.1 Å². The summed E-state index contributed by atoms with van der Waals surface area (Å²) in [5.74, 6) is 0.355. The van der Waals surface area contributed by atoms with Gasteiger partial charge in [0.25, 0.3) is 0 Å². The molecule has 1 heterocycles. The minimum Gasteiger partial charge on any atom is -0.391 e. The van der Waals surface area contributed by atoms with Gasteiger partial charge in [-0.2, -0.15) is 0 Å². The zero-order valence-electron chi connectivity index (χ0n) is 10.7. The summed E-state index contributed by atoms with van der Waals surface area (Å²) in [6, 6.07) is 5.97. The van der Waals surface area contributed by atoms with Crippen molar-refractivity contribution in [1.29, 1.82) is 0 Å². The Kier molecular flexibility index (Phi) is 3.35. The normalized spacial score (nSPS) is 11.7.